The summed E-state index contributed by atoms with van der Waals surface area (Å²) >= 11 is 0. The van der Waals surface area contributed by atoms with Gasteiger partial charge < -0.3 is 5.32 Å². The lowest BCUT2D eigenvalue weighted by Crippen LogP contribution is -2.54. The SMILES string of the molecule is CCCC(=O)NCc1cccc2c1C(=O)N([C@H]1CCC(=O)NC1=O)C2=O. The van der Waals surface area contributed by atoms with Gasteiger partial charge in [0.25, 0.3) is 11.8 Å². The number of nitrogens with one attached hydrogen (secondary N) is 2. The minimum Gasteiger partial charge on any atom is -0.352 e. The summed E-state index contributed by atoms with van der Waals surface area (Å²) in [6.45, 7) is 2.02. The van der Waals surface area contributed by atoms with E-state index in [4.69, 9.17) is 0 Å². The van der Waals surface area contributed by atoms with Gasteiger partial charge in [0.2, 0.25) is 17.7 Å². The number of benzene rings is 1. The van der Waals surface area contributed by atoms with Crippen molar-refractivity contribution >= 4 is 29.5 Å². The third-order valence-corrected chi connectivity index (χ3v) is 4.51. The standard InChI is InChI=1S/C18H19N3O5/c1-2-4-13(22)19-9-10-5-3-6-11-15(10)18(26)21(17(11)25)12-7-8-14(23)20-16(12)24/h3,5-6,12H,2,4,7-9H2,1H3,(H,19,22)(H,20,23,24)/t12-/m0/s1. The van der Waals surface area contributed by atoms with Crippen molar-refractivity contribution in [3.63, 3.8) is 0 Å². The van der Waals surface area contributed by atoms with Crippen molar-refractivity contribution < 1.29 is 24.0 Å². The molecule has 1 aromatic rings. The zero-order valence-electron chi connectivity index (χ0n) is 14.3. The monoisotopic (exact) mass is 357 g/mol. The van der Waals surface area contributed by atoms with Crippen LogP contribution in [0, 0.1) is 0 Å². The average molecular weight is 357 g/mol. The first-order valence-corrected chi connectivity index (χ1v) is 8.54. The molecule has 2 aliphatic rings. The molecule has 3 rings (SSSR count). The molecule has 0 saturated carbocycles. The molecule has 0 spiro atoms. The summed E-state index contributed by atoms with van der Waals surface area (Å²) in [6.07, 6.45) is 1.27. The van der Waals surface area contributed by atoms with Gasteiger partial charge in [0.1, 0.15) is 6.04 Å². The number of hydrogen-bond donors (Lipinski definition) is 2. The molecule has 0 bridgehead atoms. The first-order chi connectivity index (χ1) is 12.4. The number of nitrogens with zero attached hydrogens (tertiary/aromatic N) is 1. The van der Waals surface area contributed by atoms with Gasteiger partial charge in [0.15, 0.2) is 0 Å². The second kappa shape index (κ2) is 7.07. The number of amides is 5. The molecular weight excluding hydrogens is 338 g/mol. The second-order valence-corrected chi connectivity index (χ2v) is 6.31. The Morgan fingerprint density at radius 3 is 2.69 bits per heavy atom. The molecule has 1 saturated heterocycles. The van der Waals surface area contributed by atoms with Crippen molar-refractivity contribution in [3.05, 3.63) is 34.9 Å². The predicted octanol–water partition coefficient (Wildman–Crippen LogP) is 0.504. The topological polar surface area (TPSA) is 113 Å². The van der Waals surface area contributed by atoms with Crippen LogP contribution in [0.2, 0.25) is 0 Å². The molecule has 26 heavy (non-hydrogen) atoms. The number of fused-ring (bicyclic) bond motifs is 1. The van der Waals surface area contributed by atoms with E-state index >= 15 is 0 Å². The Kier molecular flexibility index (Phi) is 4.83. The lowest BCUT2D eigenvalue weighted by molar-refractivity contribution is -0.136. The summed E-state index contributed by atoms with van der Waals surface area (Å²) < 4.78 is 0. The maximum Gasteiger partial charge on any atom is 0.262 e. The maximum atomic E-state index is 12.9. The number of hydrogen-bond acceptors (Lipinski definition) is 5. The molecule has 1 atom stereocenters. The summed E-state index contributed by atoms with van der Waals surface area (Å²) in [5, 5.41) is 4.89. The highest BCUT2D eigenvalue weighted by Crippen LogP contribution is 2.29. The van der Waals surface area contributed by atoms with E-state index in [1.807, 2.05) is 6.92 Å². The van der Waals surface area contributed by atoms with Crippen LogP contribution in [-0.2, 0) is 20.9 Å². The van der Waals surface area contributed by atoms with Gasteiger partial charge in [-0.05, 0) is 24.5 Å². The minimum atomic E-state index is -0.998. The number of piperidine rings is 1. The fourth-order valence-electron chi connectivity index (χ4n) is 3.24. The van der Waals surface area contributed by atoms with Crippen molar-refractivity contribution in [2.45, 2.75) is 45.2 Å². The highest BCUT2D eigenvalue weighted by atomic mass is 16.2. The Balaban J connectivity index is 1.86. The number of imide groups is 2. The highest BCUT2D eigenvalue weighted by molar-refractivity contribution is 6.24. The average Bonchev–Trinajstić information content (AvgIpc) is 2.85. The van der Waals surface area contributed by atoms with E-state index in [2.05, 4.69) is 10.6 Å². The van der Waals surface area contributed by atoms with Gasteiger partial charge in [-0.1, -0.05) is 19.1 Å². The first kappa shape index (κ1) is 17.8. The van der Waals surface area contributed by atoms with Crippen LogP contribution < -0.4 is 10.6 Å². The van der Waals surface area contributed by atoms with Crippen molar-refractivity contribution in [1.29, 1.82) is 0 Å². The molecule has 2 N–H and O–H groups in total. The molecule has 1 fully saturated rings. The van der Waals surface area contributed by atoms with Gasteiger partial charge in [0, 0.05) is 19.4 Å². The third-order valence-electron chi connectivity index (χ3n) is 4.51. The van der Waals surface area contributed by atoms with E-state index < -0.39 is 29.7 Å². The number of carbonyl (C=O) groups is 5. The smallest absolute Gasteiger partial charge is 0.262 e. The first-order valence-electron chi connectivity index (χ1n) is 8.54. The molecule has 0 aromatic heterocycles. The quantitative estimate of drug-likeness (QED) is 0.746. The summed E-state index contributed by atoms with van der Waals surface area (Å²) in [5.74, 6) is -2.32. The van der Waals surface area contributed by atoms with Gasteiger partial charge in [-0.2, -0.15) is 0 Å². The summed E-state index contributed by atoms with van der Waals surface area (Å²) in [6, 6.07) is 3.84. The molecular formula is C18H19N3O5. The summed E-state index contributed by atoms with van der Waals surface area (Å²) in [4.78, 5) is 61.5. The summed E-state index contributed by atoms with van der Waals surface area (Å²) in [5.41, 5.74) is 0.945. The molecule has 1 aromatic carbocycles. The van der Waals surface area contributed by atoms with Crippen LogP contribution in [-0.4, -0.2) is 40.5 Å². The van der Waals surface area contributed by atoms with E-state index in [1.165, 1.54) is 6.07 Å². The molecule has 0 aliphatic carbocycles. The van der Waals surface area contributed by atoms with E-state index in [0.29, 0.717) is 18.4 Å². The molecule has 8 nitrogen and oxygen atoms in total. The van der Waals surface area contributed by atoms with Crippen LogP contribution in [0.5, 0.6) is 0 Å². The van der Waals surface area contributed by atoms with E-state index in [0.717, 1.165) is 4.90 Å². The predicted molar refractivity (Wildman–Crippen MR) is 89.9 cm³/mol. The van der Waals surface area contributed by atoms with Gasteiger partial charge in [0.05, 0.1) is 11.1 Å². The van der Waals surface area contributed by atoms with Crippen LogP contribution in [0.4, 0.5) is 0 Å². The van der Waals surface area contributed by atoms with Crippen molar-refractivity contribution in [2.24, 2.45) is 0 Å². The largest absolute Gasteiger partial charge is 0.352 e. The van der Waals surface area contributed by atoms with E-state index in [-0.39, 0.29) is 36.4 Å². The second-order valence-electron chi connectivity index (χ2n) is 6.31. The van der Waals surface area contributed by atoms with Gasteiger partial charge in [-0.3, -0.25) is 34.2 Å². The zero-order valence-corrected chi connectivity index (χ0v) is 14.3. The fourth-order valence-corrected chi connectivity index (χ4v) is 3.24. The minimum absolute atomic E-state index is 0.0732. The van der Waals surface area contributed by atoms with E-state index in [1.54, 1.807) is 12.1 Å². The number of rotatable bonds is 5. The van der Waals surface area contributed by atoms with Gasteiger partial charge >= 0.3 is 0 Å². The normalized spacial score (nSPS) is 19.4. The van der Waals surface area contributed by atoms with Crippen LogP contribution in [0.25, 0.3) is 0 Å². The Labute approximate surface area is 149 Å². The van der Waals surface area contributed by atoms with Gasteiger partial charge in [-0.15, -0.1) is 0 Å². The maximum absolute atomic E-state index is 12.9. The molecule has 0 radical (unpaired) electrons. The van der Waals surface area contributed by atoms with Crippen molar-refractivity contribution in [2.75, 3.05) is 0 Å². The lowest BCUT2D eigenvalue weighted by Gasteiger charge is -2.27. The van der Waals surface area contributed by atoms with Crippen molar-refractivity contribution in [1.82, 2.24) is 15.5 Å². The van der Waals surface area contributed by atoms with Gasteiger partial charge in [-0.25, -0.2) is 0 Å². The Morgan fingerprint density at radius 2 is 2.00 bits per heavy atom. The molecule has 2 heterocycles. The van der Waals surface area contributed by atoms with E-state index in [9.17, 15) is 24.0 Å². The Bertz CT molecular complexity index is 817. The molecule has 5 amide bonds. The fraction of sp³-hybridized carbons (Fsp3) is 0.389. The summed E-state index contributed by atoms with van der Waals surface area (Å²) in [7, 11) is 0. The number of carbonyl (C=O) groups excluding carboxylic acids is 5. The Hall–Kier alpha value is -3.03. The van der Waals surface area contributed by atoms with Crippen LogP contribution in [0.3, 0.4) is 0 Å². The van der Waals surface area contributed by atoms with Crippen LogP contribution in [0.15, 0.2) is 18.2 Å². The molecule has 2 aliphatic heterocycles. The highest BCUT2D eigenvalue weighted by Gasteiger charge is 2.45. The van der Waals surface area contributed by atoms with Crippen LogP contribution >= 0.6 is 0 Å². The molecule has 8 heteroatoms. The van der Waals surface area contributed by atoms with Crippen molar-refractivity contribution in [3.8, 4) is 0 Å². The lowest BCUT2D eigenvalue weighted by atomic mass is 10.0. The molecule has 136 valence electrons. The zero-order chi connectivity index (χ0) is 18.8. The third kappa shape index (κ3) is 3.10. The van der Waals surface area contributed by atoms with Crippen LogP contribution in [0.1, 0.15) is 58.9 Å². The molecule has 0 unspecified atom stereocenters. The Morgan fingerprint density at radius 1 is 1.23 bits per heavy atom.